The van der Waals surface area contributed by atoms with Crippen molar-refractivity contribution in [1.29, 1.82) is 0 Å². The molecule has 1 N–H and O–H groups in total. The lowest BCUT2D eigenvalue weighted by atomic mass is 9.96. The Hall–Kier alpha value is -2.85. The first kappa shape index (κ1) is 25.2. The number of fused-ring (bicyclic) bond motifs is 1. The molecule has 1 fully saturated rings. The molecule has 3 heterocycles. The molecule has 0 spiro atoms. The molecule has 2 aliphatic heterocycles. The molecule has 0 bridgehead atoms. The summed E-state index contributed by atoms with van der Waals surface area (Å²) in [4.78, 5) is 27.5. The Morgan fingerprint density at radius 2 is 1.94 bits per heavy atom. The quantitative estimate of drug-likeness (QED) is 0.641. The van der Waals surface area contributed by atoms with E-state index in [1.54, 1.807) is 6.07 Å². The van der Waals surface area contributed by atoms with E-state index in [9.17, 15) is 13.6 Å². The van der Waals surface area contributed by atoms with Crippen LogP contribution in [0.15, 0.2) is 18.3 Å². The molecule has 1 saturated heterocycles. The number of ether oxygens (including phenoxy) is 1. The van der Waals surface area contributed by atoms with Gasteiger partial charge in [-0.2, -0.15) is 0 Å². The summed E-state index contributed by atoms with van der Waals surface area (Å²) in [6, 6.07) is 3.01. The average molecular weight is 489 g/mol. The molecule has 1 aromatic heterocycles. The van der Waals surface area contributed by atoms with Gasteiger partial charge in [-0.1, -0.05) is 0 Å². The fraction of sp³-hybridized carbons (Fsp3) is 0.560. The van der Waals surface area contributed by atoms with Gasteiger partial charge >= 0.3 is 0 Å². The molecule has 190 valence electrons. The number of piperidine rings is 1. The first-order chi connectivity index (χ1) is 16.7. The molecular weight excluding hydrogens is 454 g/mol. The maximum absolute atomic E-state index is 14.9. The molecular formula is C25H34F2N6O2. The van der Waals surface area contributed by atoms with E-state index in [1.807, 2.05) is 32.8 Å². The smallest absolute Gasteiger partial charge is 0.230 e. The van der Waals surface area contributed by atoms with Crippen LogP contribution in [-0.2, 0) is 4.79 Å². The summed E-state index contributed by atoms with van der Waals surface area (Å²) >= 11 is 0. The van der Waals surface area contributed by atoms with E-state index in [-0.39, 0.29) is 40.8 Å². The minimum atomic E-state index is -0.690. The van der Waals surface area contributed by atoms with E-state index in [2.05, 4.69) is 25.1 Å². The van der Waals surface area contributed by atoms with Gasteiger partial charge < -0.3 is 19.4 Å². The minimum absolute atomic E-state index is 0.0107. The largest absolute Gasteiger partial charge is 0.486 e. The standard InChI is InChI=1S/C25H34F2N6O2/c1-16(2)33-11-12-35-23-19(26)13-18(14-21(23)33)22-20(27)15-28-25(29-22)30-24(34)17-5-7-32(8-6-17)10-9-31(3)4/h13-17H,5-12H2,1-4H3,(H,28,29,30,34). The van der Waals surface area contributed by atoms with Gasteiger partial charge in [0.15, 0.2) is 17.4 Å². The van der Waals surface area contributed by atoms with Gasteiger partial charge in [0.1, 0.15) is 12.3 Å². The lowest BCUT2D eigenvalue weighted by Gasteiger charge is -2.34. The van der Waals surface area contributed by atoms with Crippen LogP contribution in [0.4, 0.5) is 20.4 Å². The Labute approximate surface area is 205 Å². The van der Waals surface area contributed by atoms with Crippen molar-refractivity contribution < 1.29 is 18.3 Å². The summed E-state index contributed by atoms with van der Waals surface area (Å²) in [5.74, 6) is -1.42. The molecule has 0 unspecified atom stereocenters. The number of likely N-dealkylation sites (N-methyl/N-ethyl adjacent to an activating group) is 1. The van der Waals surface area contributed by atoms with Gasteiger partial charge in [0.2, 0.25) is 11.9 Å². The summed E-state index contributed by atoms with van der Waals surface area (Å²) in [5, 5.41) is 2.73. The number of halogens is 2. The molecule has 8 nitrogen and oxygen atoms in total. The molecule has 10 heteroatoms. The molecule has 0 atom stereocenters. The number of anilines is 2. The van der Waals surface area contributed by atoms with Gasteiger partial charge in [-0.15, -0.1) is 0 Å². The first-order valence-electron chi connectivity index (χ1n) is 12.2. The van der Waals surface area contributed by atoms with Gasteiger partial charge in [0.05, 0.1) is 18.4 Å². The zero-order chi connectivity index (χ0) is 25.1. The average Bonchev–Trinajstić information content (AvgIpc) is 2.83. The highest BCUT2D eigenvalue weighted by molar-refractivity contribution is 5.91. The summed E-state index contributed by atoms with van der Waals surface area (Å²) in [6.07, 6.45) is 2.50. The zero-order valence-corrected chi connectivity index (χ0v) is 20.9. The van der Waals surface area contributed by atoms with Crippen molar-refractivity contribution in [3.8, 4) is 17.0 Å². The van der Waals surface area contributed by atoms with Crippen molar-refractivity contribution in [2.24, 2.45) is 5.92 Å². The van der Waals surface area contributed by atoms with Crippen molar-refractivity contribution in [2.45, 2.75) is 32.7 Å². The van der Waals surface area contributed by atoms with Gasteiger partial charge in [0.25, 0.3) is 0 Å². The number of hydrogen-bond acceptors (Lipinski definition) is 7. The van der Waals surface area contributed by atoms with E-state index in [0.29, 0.717) is 18.8 Å². The van der Waals surface area contributed by atoms with E-state index in [4.69, 9.17) is 4.74 Å². The van der Waals surface area contributed by atoms with E-state index in [0.717, 1.165) is 45.2 Å². The summed E-state index contributed by atoms with van der Waals surface area (Å²) in [5.41, 5.74) is 0.762. The van der Waals surface area contributed by atoms with Crippen molar-refractivity contribution in [2.75, 3.05) is 63.6 Å². The van der Waals surface area contributed by atoms with Crippen LogP contribution < -0.4 is 15.0 Å². The van der Waals surface area contributed by atoms with Crippen LogP contribution >= 0.6 is 0 Å². The summed E-state index contributed by atoms with van der Waals surface area (Å²) in [7, 11) is 4.09. The first-order valence-corrected chi connectivity index (χ1v) is 12.2. The Morgan fingerprint density at radius 3 is 2.63 bits per heavy atom. The fourth-order valence-electron chi connectivity index (χ4n) is 4.58. The highest BCUT2D eigenvalue weighted by atomic mass is 19.1. The Morgan fingerprint density at radius 1 is 1.20 bits per heavy atom. The third-order valence-corrected chi connectivity index (χ3v) is 6.61. The second-order valence-electron chi connectivity index (χ2n) is 9.74. The predicted octanol–water partition coefficient (Wildman–Crippen LogP) is 3.24. The number of rotatable bonds is 7. The molecule has 0 saturated carbocycles. The lowest BCUT2D eigenvalue weighted by Crippen LogP contribution is -2.41. The highest BCUT2D eigenvalue weighted by Crippen LogP contribution is 2.39. The molecule has 2 aromatic rings. The number of benzene rings is 1. The van der Waals surface area contributed by atoms with E-state index >= 15 is 0 Å². The molecule has 0 radical (unpaired) electrons. The molecule has 4 rings (SSSR count). The summed E-state index contributed by atoms with van der Waals surface area (Å²) < 4.78 is 35.1. The van der Waals surface area contributed by atoms with Crippen LogP contribution in [0.25, 0.3) is 11.3 Å². The number of carbonyl (C=O) groups excluding carboxylic acids is 1. The number of aromatic nitrogens is 2. The van der Waals surface area contributed by atoms with Gasteiger partial charge in [-0.05, 0) is 66.0 Å². The van der Waals surface area contributed by atoms with Gasteiger partial charge in [-0.25, -0.2) is 18.7 Å². The third-order valence-electron chi connectivity index (χ3n) is 6.61. The second kappa shape index (κ2) is 10.8. The van der Waals surface area contributed by atoms with Crippen LogP contribution in [0.3, 0.4) is 0 Å². The molecule has 35 heavy (non-hydrogen) atoms. The lowest BCUT2D eigenvalue weighted by molar-refractivity contribution is -0.121. The van der Waals surface area contributed by atoms with E-state index < -0.39 is 11.6 Å². The molecule has 1 amide bonds. The minimum Gasteiger partial charge on any atom is -0.486 e. The number of amides is 1. The summed E-state index contributed by atoms with van der Waals surface area (Å²) in [6.45, 7) is 8.66. The zero-order valence-electron chi connectivity index (χ0n) is 20.9. The van der Waals surface area contributed by atoms with Crippen molar-refractivity contribution in [3.63, 3.8) is 0 Å². The third kappa shape index (κ3) is 5.87. The number of hydrogen-bond donors (Lipinski definition) is 1. The van der Waals surface area contributed by atoms with Gasteiger partial charge in [0, 0.05) is 30.6 Å². The topological polar surface area (TPSA) is 73.8 Å². The van der Waals surface area contributed by atoms with Crippen LogP contribution in [0.2, 0.25) is 0 Å². The van der Waals surface area contributed by atoms with Crippen LogP contribution in [0.1, 0.15) is 26.7 Å². The van der Waals surface area contributed by atoms with Crippen molar-refractivity contribution in [3.05, 3.63) is 30.0 Å². The SMILES string of the molecule is CC(C)N1CCOc2c(F)cc(-c3nc(NC(=O)C4CCN(CCN(C)C)CC4)ncc3F)cc21. The van der Waals surface area contributed by atoms with Crippen LogP contribution in [0.5, 0.6) is 5.75 Å². The maximum Gasteiger partial charge on any atom is 0.230 e. The Kier molecular flexibility index (Phi) is 7.81. The molecule has 2 aliphatic rings. The number of likely N-dealkylation sites (tertiary alicyclic amines) is 1. The Balaban J connectivity index is 1.49. The number of carbonyl (C=O) groups is 1. The monoisotopic (exact) mass is 488 g/mol. The molecule has 1 aromatic carbocycles. The van der Waals surface area contributed by atoms with Crippen LogP contribution in [-0.4, -0.2) is 85.1 Å². The number of nitrogens with zero attached hydrogens (tertiary/aromatic N) is 5. The highest BCUT2D eigenvalue weighted by Gasteiger charge is 2.27. The Bertz CT molecular complexity index is 1060. The maximum atomic E-state index is 14.9. The second-order valence-corrected chi connectivity index (χ2v) is 9.74. The van der Waals surface area contributed by atoms with Gasteiger partial charge in [-0.3, -0.25) is 10.1 Å². The normalized spacial score (nSPS) is 17.0. The molecule has 0 aliphatic carbocycles. The van der Waals surface area contributed by atoms with E-state index in [1.165, 1.54) is 6.07 Å². The van der Waals surface area contributed by atoms with Crippen molar-refractivity contribution in [1.82, 2.24) is 19.8 Å². The van der Waals surface area contributed by atoms with Crippen LogP contribution in [0, 0.1) is 17.6 Å². The fourth-order valence-corrected chi connectivity index (χ4v) is 4.58. The number of nitrogens with one attached hydrogen (secondary N) is 1. The predicted molar refractivity (Wildman–Crippen MR) is 132 cm³/mol. The van der Waals surface area contributed by atoms with Crippen molar-refractivity contribution >= 4 is 17.5 Å².